The van der Waals surface area contributed by atoms with Crippen LogP contribution in [-0.2, 0) is 9.53 Å². The molecule has 2 heteroatoms. The molecule has 0 amide bonds. The van der Waals surface area contributed by atoms with Crippen molar-refractivity contribution in [2.75, 3.05) is 0 Å². The van der Waals surface area contributed by atoms with Crippen LogP contribution in [0, 0.1) is 5.92 Å². The van der Waals surface area contributed by atoms with Crippen molar-refractivity contribution in [1.29, 1.82) is 0 Å². The van der Waals surface area contributed by atoms with E-state index in [1.165, 1.54) is 0 Å². The number of Topliss-reactive ketones (excluding diaryl/α,β-unsaturated/α-hetero) is 1. The van der Waals surface area contributed by atoms with Gasteiger partial charge >= 0.3 is 0 Å². The maximum absolute atomic E-state index is 10.9. The molecule has 1 saturated heterocycles. The molecule has 2 rings (SSSR count). The third kappa shape index (κ3) is 0.628. The predicted molar refractivity (Wildman–Crippen MR) is 32.1 cm³/mol. The van der Waals surface area contributed by atoms with E-state index in [1.54, 1.807) is 0 Å². The van der Waals surface area contributed by atoms with Crippen molar-refractivity contribution in [3.05, 3.63) is 0 Å². The van der Waals surface area contributed by atoms with Crippen LogP contribution >= 0.6 is 0 Å². The van der Waals surface area contributed by atoms with Crippen LogP contribution in [0.2, 0.25) is 0 Å². The lowest BCUT2D eigenvalue weighted by atomic mass is 10.0. The van der Waals surface area contributed by atoms with Crippen molar-refractivity contribution in [1.82, 2.24) is 0 Å². The molecule has 2 fully saturated rings. The fourth-order valence-corrected chi connectivity index (χ4v) is 1.74. The molecule has 2 aliphatic rings. The zero-order chi connectivity index (χ0) is 6.43. The fourth-order valence-electron chi connectivity index (χ4n) is 1.74. The molecular weight excluding hydrogens is 116 g/mol. The van der Waals surface area contributed by atoms with E-state index in [9.17, 15) is 4.79 Å². The van der Waals surface area contributed by atoms with E-state index in [-0.39, 0.29) is 6.10 Å². The number of carbonyl (C=O) groups is 1. The Bertz CT molecular complexity index is 151. The van der Waals surface area contributed by atoms with E-state index < -0.39 is 0 Å². The third-order valence-electron chi connectivity index (χ3n) is 2.38. The summed E-state index contributed by atoms with van der Waals surface area (Å²) in [7, 11) is 0. The van der Waals surface area contributed by atoms with Crippen molar-refractivity contribution in [2.45, 2.75) is 32.0 Å². The summed E-state index contributed by atoms with van der Waals surface area (Å²) in [5, 5.41) is 0. The molecule has 0 aromatic heterocycles. The van der Waals surface area contributed by atoms with Gasteiger partial charge in [-0.2, -0.15) is 0 Å². The number of ether oxygens (including phenoxy) is 1. The number of carbonyl (C=O) groups excluding carboxylic acids is 1. The molecule has 50 valence electrons. The molecule has 1 saturated carbocycles. The van der Waals surface area contributed by atoms with E-state index in [4.69, 9.17) is 4.74 Å². The molecule has 0 aromatic carbocycles. The number of ketones is 1. The Morgan fingerprint density at radius 3 is 2.78 bits per heavy atom. The van der Waals surface area contributed by atoms with Gasteiger partial charge in [-0.15, -0.1) is 0 Å². The van der Waals surface area contributed by atoms with Crippen LogP contribution < -0.4 is 0 Å². The molecule has 0 N–H and O–H groups in total. The molecule has 0 aromatic rings. The van der Waals surface area contributed by atoms with Gasteiger partial charge < -0.3 is 4.74 Å². The second kappa shape index (κ2) is 1.57. The smallest absolute Gasteiger partial charge is 0.161 e. The molecule has 3 atom stereocenters. The van der Waals surface area contributed by atoms with Crippen molar-refractivity contribution in [3.8, 4) is 0 Å². The van der Waals surface area contributed by atoms with E-state index in [0.29, 0.717) is 17.8 Å². The van der Waals surface area contributed by atoms with Gasteiger partial charge in [-0.3, -0.25) is 4.79 Å². The van der Waals surface area contributed by atoms with Crippen molar-refractivity contribution < 1.29 is 9.53 Å². The topological polar surface area (TPSA) is 26.3 Å². The lowest BCUT2D eigenvalue weighted by Crippen LogP contribution is -2.24. The first kappa shape index (κ1) is 5.42. The van der Waals surface area contributed by atoms with Gasteiger partial charge in [0.2, 0.25) is 0 Å². The summed E-state index contributed by atoms with van der Waals surface area (Å²) in [4.78, 5) is 10.9. The highest BCUT2D eigenvalue weighted by Crippen LogP contribution is 2.37. The molecule has 1 aliphatic heterocycles. The average molecular weight is 126 g/mol. The zero-order valence-electron chi connectivity index (χ0n) is 5.46. The first-order valence-electron chi connectivity index (χ1n) is 3.45. The summed E-state index contributed by atoms with van der Waals surface area (Å²) in [5.74, 6) is 0.862. The summed E-state index contributed by atoms with van der Waals surface area (Å²) >= 11 is 0. The fraction of sp³-hybridized carbons (Fsp3) is 0.857. The minimum absolute atomic E-state index is 0.0231. The predicted octanol–water partition coefficient (Wildman–Crippen LogP) is 0.753. The lowest BCUT2D eigenvalue weighted by Gasteiger charge is -2.16. The Hall–Kier alpha value is -0.370. The molecule has 1 heterocycles. The molecule has 3 unspecified atom stereocenters. The molecule has 9 heavy (non-hydrogen) atoms. The Labute approximate surface area is 54.2 Å². The van der Waals surface area contributed by atoms with Gasteiger partial charge in [-0.1, -0.05) is 0 Å². The van der Waals surface area contributed by atoms with Gasteiger partial charge in [0.1, 0.15) is 6.10 Å². The maximum Gasteiger partial charge on any atom is 0.161 e. The average Bonchev–Trinajstić information content (AvgIpc) is 2.24. The summed E-state index contributed by atoms with van der Waals surface area (Å²) < 4.78 is 5.32. The number of hydrogen-bond acceptors (Lipinski definition) is 2. The van der Waals surface area contributed by atoms with Gasteiger partial charge in [0.05, 0.1) is 6.10 Å². The summed E-state index contributed by atoms with van der Waals surface area (Å²) in [6.07, 6.45) is 2.07. The third-order valence-corrected chi connectivity index (χ3v) is 2.38. The van der Waals surface area contributed by atoms with Crippen LogP contribution in [-0.4, -0.2) is 18.0 Å². The largest absolute Gasteiger partial charge is 0.367 e. The van der Waals surface area contributed by atoms with E-state index in [1.807, 2.05) is 0 Å². The van der Waals surface area contributed by atoms with Crippen LogP contribution in [0.15, 0.2) is 0 Å². The zero-order valence-corrected chi connectivity index (χ0v) is 5.46. The van der Waals surface area contributed by atoms with Gasteiger partial charge in [0, 0.05) is 6.42 Å². The van der Waals surface area contributed by atoms with Crippen LogP contribution in [0.25, 0.3) is 0 Å². The number of hydrogen-bond donors (Lipinski definition) is 0. The van der Waals surface area contributed by atoms with Gasteiger partial charge in [0.15, 0.2) is 5.78 Å². The van der Waals surface area contributed by atoms with Gasteiger partial charge in [0.25, 0.3) is 0 Å². The standard InChI is InChI=1S/C7H10O2/c1-4-5-2-6(8)7(3-5)9-4/h4-5,7H,2-3H2,1H3. The summed E-state index contributed by atoms with van der Waals surface area (Å²) in [6, 6.07) is 0. The highest BCUT2D eigenvalue weighted by atomic mass is 16.5. The molecule has 0 radical (unpaired) electrons. The van der Waals surface area contributed by atoms with Crippen LogP contribution in [0.1, 0.15) is 19.8 Å². The van der Waals surface area contributed by atoms with Gasteiger partial charge in [-0.25, -0.2) is 0 Å². The maximum atomic E-state index is 10.9. The first-order chi connectivity index (χ1) is 4.27. The van der Waals surface area contributed by atoms with Crippen molar-refractivity contribution in [3.63, 3.8) is 0 Å². The normalized spacial score (nSPS) is 48.6. The molecule has 2 nitrogen and oxygen atoms in total. The van der Waals surface area contributed by atoms with Crippen LogP contribution in [0.4, 0.5) is 0 Å². The van der Waals surface area contributed by atoms with Crippen LogP contribution in [0.5, 0.6) is 0 Å². The monoisotopic (exact) mass is 126 g/mol. The Balaban J connectivity index is 2.19. The molecule has 2 bridgehead atoms. The number of fused-ring (bicyclic) bond motifs is 2. The highest BCUT2D eigenvalue weighted by Gasteiger charge is 2.43. The Morgan fingerprint density at radius 1 is 1.67 bits per heavy atom. The second-order valence-electron chi connectivity index (χ2n) is 3.00. The van der Waals surface area contributed by atoms with Crippen LogP contribution in [0.3, 0.4) is 0 Å². The minimum atomic E-state index is -0.0231. The minimum Gasteiger partial charge on any atom is -0.367 e. The lowest BCUT2D eigenvalue weighted by molar-refractivity contribution is -0.132. The summed E-state index contributed by atoms with van der Waals surface area (Å²) in [5.41, 5.74) is 0. The van der Waals surface area contributed by atoms with E-state index >= 15 is 0 Å². The summed E-state index contributed by atoms with van der Waals surface area (Å²) in [6.45, 7) is 2.05. The Morgan fingerprint density at radius 2 is 2.44 bits per heavy atom. The second-order valence-corrected chi connectivity index (χ2v) is 3.00. The van der Waals surface area contributed by atoms with Gasteiger partial charge in [-0.05, 0) is 19.3 Å². The highest BCUT2D eigenvalue weighted by molar-refractivity contribution is 5.86. The van der Waals surface area contributed by atoms with Crippen molar-refractivity contribution >= 4 is 5.78 Å². The SMILES string of the molecule is CC1OC2CC1CC2=O. The Kier molecular flexibility index (Phi) is 0.943. The van der Waals surface area contributed by atoms with Crippen molar-refractivity contribution in [2.24, 2.45) is 5.92 Å². The first-order valence-corrected chi connectivity index (χ1v) is 3.45. The molecule has 0 spiro atoms. The van der Waals surface area contributed by atoms with E-state index in [2.05, 4.69) is 6.92 Å². The molecule has 1 aliphatic carbocycles. The van der Waals surface area contributed by atoms with E-state index in [0.717, 1.165) is 12.8 Å². The number of rotatable bonds is 0. The molecular formula is C7H10O2. The quantitative estimate of drug-likeness (QED) is 0.479.